The molecule has 0 aliphatic carbocycles. The smallest absolute Gasteiger partial charge is 0.249 e. The molecule has 0 spiro atoms. The van der Waals surface area contributed by atoms with Crippen molar-refractivity contribution in [2.45, 2.75) is 44.9 Å². The third-order valence-electron chi connectivity index (χ3n) is 3.22. The Morgan fingerprint density at radius 1 is 1.58 bits per heavy atom. The first-order valence-corrected chi connectivity index (χ1v) is 6.77. The Balaban J connectivity index is 1.64. The molecule has 0 bridgehead atoms. The summed E-state index contributed by atoms with van der Waals surface area (Å²) in [4.78, 5) is 11.8. The van der Waals surface area contributed by atoms with Gasteiger partial charge in [-0.05, 0) is 32.3 Å². The molecule has 1 amide bonds. The molecule has 5 heteroatoms. The molecule has 2 heterocycles. The summed E-state index contributed by atoms with van der Waals surface area (Å²) in [6, 6.07) is 1.82. The topological polar surface area (TPSA) is 60.7 Å². The lowest BCUT2D eigenvalue weighted by atomic mass is 10.1. The average Bonchev–Trinajstić information content (AvgIpc) is 2.96. The monoisotopic (exact) mass is 267 g/mol. The van der Waals surface area contributed by atoms with E-state index in [-0.39, 0.29) is 12.0 Å². The number of hydrogen-bond acceptors (Lipinski definition) is 4. The van der Waals surface area contributed by atoms with Gasteiger partial charge in [0.2, 0.25) is 5.91 Å². The number of furan rings is 1. The molecule has 0 aromatic carbocycles. The molecule has 1 aliphatic heterocycles. The van der Waals surface area contributed by atoms with E-state index in [0.717, 1.165) is 25.0 Å². The Morgan fingerprint density at radius 3 is 3.16 bits per heavy atom. The summed E-state index contributed by atoms with van der Waals surface area (Å²) in [5, 5.41) is 2.81. The van der Waals surface area contributed by atoms with Crippen LogP contribution in [0.25, 0.3) is 0 Å². The Morgan fingerprint density at radius 2 is 2.47 bits per heavy atom. The molecular weight excluding hydrogens is 246 g/mol. The zero-order chi connectivity index (χ0) is 13.5. The summed E-state index contributed by atoms with van der Waals surface area (Å²) < 4.78 is 16.0. The summed E-state index contributed by atoms with van der Waals surface area (Å²) >= 11 is 0. The molecule has 106 valence electrons. The molecule has 0 radical (unpaired) electrons. The zero-order valence-corrected chi connectivity index (χ0v) is 11.3. The fraction of sp³-hybridized carbons (Fsp3) is 0.643. The fourth-order valence-corrected chi connectivity index (χ4v) is 1.99. The fourth-order valence-electron chi connectivity index (χ4n) is 1.99. The molecule has 19 heavy (non-hydrogen) atoms. The van der Waals surface area contributed by atoms with Gasteiger partial charge in [0.25, 0.3) is 0 Å². The third-order valence-corrected chi connectivity index (χ3v) is 3.22. The maximum Gasteiger partial charge on any atom is 0.249 e. The van der Waals surface area contributed by atoms with Gasteiger partial charge in [0.05, 0.1) is 25.2 Å². The van der Waals surface area contributed by atoms with Gasteiger partial charge in [-0.3, -0.25) is 4.79 Å². The molecule has 0 saturated carbocycles. The van der Waals surface area contributed by atoms with Crippen LogP contribution in [0, 0.1) is 0 Å². The highest BCUT2D eigenvalue weighted by atomic mass is 16.5. The lowest BCUT2D eigenvalue weighted by molar-refractivity contribution is -0.135. The summed E-state index contributed by atoms with van der Waals surface area (Å²) in [6.45, 7) is 3.51. The molecule has 1 fully saturated rings. The summed E-state index contributed by atoms with van der Waals surface area (Å²) in [5.74, 6) is -0.114. The van der Waals surface area contributed by atoms with Gasteiger partial charge in [-0.1, -0.05) is 0 Å². The van der Waals surface area contributed by atoms with Crippen molar-refractivity contribution in [1.82, 2.24) is 5.32 Å². The van der Waals surface area contributed by atoms with Gasteiger partial charge in [-0.25, -0.2) is 0 Å². The predicted octanol–water partition coefficient (Wildman–Crippen LogP) is 1.87. The van der Waals surface area contributed by atoms with Gasteiger partial charge < -0.3 is 19.2 Å². The van der Waals surface area contributed by atoms with Crippen molar-refractivity contribution in [1.29, 1.82) is 0 Å². The van der Waals surface area contributed by atoms with Crippen molar-refractivity contribution in [2.75, 3.05) is 13.2 Å². The number of carbonyl (C=O) groups is 1. The van der Waals surface area contributed by atoms with Crippen molar-refractivity contribution in [2.24, 2.45) is 0 Å². The largest absolute Gasteiger partial charge is 0.472 e. The Kier molecular flexibility index (Phi) is 5.42. The first kappa shape index (κ1) is 14.1. The van der Waals surface area contributed by atoms with Crippen LogP contribution in [-0.4, -0.2) is 31.3 Å². The quantitative estimate of drug-likeness (QED) is 0.854. The number of carbonyl (C=O) groups excluding carboxylic acids is 1. The van der Waals surface area contributed by atoms with E-state index in [1.807, 2.05) is 6.07 Å². The highest BCUT2D eigenvalue weighted by molar-refractivity contribution is 5.80. The molecule has 1 aliphatic rings. The van der Waals surface area contributed by atoms with Crippen LogP contribution >= 0.6 is 0 Å². The van der Waals surface area contributed by atoms with Crippen LogP contribution in [0.1, 0.15) is 31.7 Å². The van der Waals surface area contributed by atoms with Crippen molar-refractivity contribution >= 4 is 5.91 Å². The molecule has 2 rings (SSSR count). The number of ether oxygens (including phenoxy) is 2. The number of amides is 1. The van der Waals surface area contributed by atoms with Crippen molar-refractivity contribution in [3.63, 3.8) is 0 Å². The van der Waals surface area contributed by atoms with Crippen molar-refractivity contribution < 1.29 is 18.7 Å². The first-order chi connectivity index (χ1) is 9.25. The average molecular weight is 267 g/mol. The Bertz CT molecular complexity index is 371. The normalized spacial score (nSPS) is 21.0. The van der Waals surface area contributed by atoms with Gasteiger partial charge in [0, 0.05) is 18.7 Å². The Labute approximate surface area is 113 Å². The highest BCUT2D eigenvalue weighted by Gasteiger charge is 2.18. The van der Waals surface area contributed by atoms with E-state index < -0.39 is 6.10 Å². The summed E-state index contributed by atoms with van der Waals surface area (Å²) in [7, 11) is 0. The van der Waals surface area contributed by atoms with Crippen LogP contribution in [0.3, 0.4) is 0 Å². The van der Waals surface area contributed by atoms with Gasteiger partial charge in [0.1, 0.15) is 6.10 Å². The zero-order valence-electron chi connectivity index (χ0n) is 11.3. The van der Waals surface area contributed by atoms with Crippen LogP contribution < -0.4 is 5.32 Å². The lowest BCUT2D eigenvalue weighted by Crippen LogP contribution is -2.36. The lowest BCUT2D eigenvalue weighted by Gasteiger charge is -2.23. The molecule has 1 N–H and O–H groups in total. The van der Waals surface area contributed by atoms with Crippen LogP contribution in [0.2, 0.25) is 0 Å². The molecule has 1 aromatic rings. The second-order valence-corrected chi connectivity index (χ2v) is 4.81. The van der Waals surface area contributed by atoms with Crippen molar-refractivity contribution in [3.05, 3.63) is 24.2 Å². The highest BCUT2D eigenvalue weighted by Crippen LogP contribution is 2.13. The van der Waals surface area contributed by atoms with Crippen LogP contribution in [0.4, 0.5) is 0 Å². The minimum Gasteiger partial charge on any atom is -0.472 e. The summed E-state index contributed by atoms with van der Waals surface area (Å²) in [5.41, 5.74) is 0.941. The third kappa shape index (κ3) is 4.69. The minimum absolute atomic E-state index is 0.114. The maximum atomic E-state index is 11.8. The molecule has 2 atom stereocenters. The molecule has 1 aromatic heterocycles. The second kappa shape index (κ2) is 7.31. The number of hydrogen-bond donors (Lipinski definition) is 1. The predicted molar refractivity (Wildman–Crippen MR) is 69.6 cm³/mol. The van der Waals surface area contributed by atoms with Crippen LogP contribution in [-0.2, 0) is 20.8 Å². The van der Waals surface area contributed by atoms with Gasteiger partial charge >= 0.3 is 0 Å². The van der Waals surface area contributed by atoms with E-state index in [2.05, 4.69) is 5.32 Å². The minimum atomic E-state index is -0.461. The number of rotatable bonds is 6. The maximum absolute atomic E-state index is 11.8. The van der Waals surface area contributed by atoms with Crippen molar-refractivity contribution in [3.8, 4) is 0 Å². The van der Waals surface area contributed by atoms with E-state index >= 15 is 0 Å². The van der Waals surface area contributed by atoms with E-state index in [1.165, 1.54) is 6.42 Å². The van der Waals surface area contributed by atoms with E-state index in [4.69, 9.17) is 13.9 Å². The molecule has 5 nitrogen and oxygen atoms in total. The van der Waals surface area contributed by atoms with Gasteiger partial charge in [-0.15, -0.1) is 0 Å². The molecular formula is C14H21NO4. The van der Waals surface area contributed by atoms with Crippen LogP contribution in [0.5, 0.6) is 0 Å². The summed E-state index contributed by atoms with van der Waals surface area (Å²) in [6.07, 6.45) is 6.19. The Hall–Kier alpha value is -1.33. The molecule has 1 saturated heterocycles. The van der Waals surface area contributed by atoms with Gasteiger partial charge in [0.15, 0.2) is 0 Å². The molecule has 2 unspecified atom stereocenters. The number of nitrogens with one attached hydrogen (secondary N) is 1. The van der Waals surface area contributed by atoms with Crippen LogP contribution in [0.15, 0.2) is 23.0 Å². The SMILES string of the molecule is CC(OCC1CCCCO1)C(=O)NCc1ccoc1. The van der Waals surface area contributed by atoms with E-state index in [1.54, 1.807) is 19.5 Å². The second-order valence-electron chi connectivity index (χ2n) is 4.81. The van der Waals surface area contributed by atoms with E-state index in [0.29, 0.717) is 13.2 Å². The van der Waals surface area contributed by atoms with E-state index in [9.17, 15) is 4.79 Å². The van der Waals surface area contributed by atoms with Gasteiger partial charge in [-0.2, -0.15) is 0 Å². The first-order valence-electron chi connectivity index (χ1n) is 6.77. The standard InChI is InChI=1S/C14H21NO4/c1-11(19-10-13-4-2-3-6-18-13)14(16)15-8-12-5-7-17-9-12/h5,7,9,11,13H,2-4,6,8,10H2,1H3,(H,15,16).